The summed E-state index contributed by atoms with van der Waals surface area (Å²) in [4.78, 5) is 11.2. The first kappa shape index (κ1) is 14.0. The topological polar surface area (TPSA) is 46.5 Å². The number of benzene rings is 1. The molecule has 1 atom stereocenters. The van der Waals surface area contributed by atoms with Crippen molar-refractivity contribution in [2.75, 3.05) is 6.61 Å². The van der Waals surface area contributed by atoms with E-state index in [0.717, 1.165) is 5.56 Å². The number of rotatable bonds is 3. The molecule has 19 heavy (non-hydrogen) atoms. The van der Waals surface area contributed by atoms with Gasteiger partial charge < -0.3 is 9.84 Å². The van der Waals surface area contributed by atoms with Crippen molar-refractivity contribution in [2.45, 2.75) is 44.1 Å². The maximum atomic E-state index is 13.1. The van der Waals surface area contributed by atoms with Gasteiger partial charge in [-0.3, -0.25) is 4.79 Å². The van der Waals surface area contributed by atoms with Gasteiger partial charge in [-0.25, -0.2) is 4.39 Å². The highest BCUT2D eigenvalue weighted by Crippen LogP contribution is 2.44. The van der Waals surface area contributed by atoms with E-state index in [1.54, 1.807) is 12.1 Å². The number of hydrogen-bond acceptors (Lipinski definition) is 2. The van der Waals surface area contributed by atoms with E-state index >= 15 is 0 Å². The predicted octanol–water partition coefficient (Wildman–Crippen LogP) is 3.13. The Balaban J connectivity index is 2.39. The molecule has 1 N–H and O–H groups in total. The van der Waals surface area contributed by atoms with Crippen molar-refractivity contribution in [1.29, 1.82) is 0 Å². The molecular weight excluding hydrogens is 247 g/mol. The van der Waals surface area contributed by atoms with Gasteiger partial charge in [-0.15, -0.1) is 0 Å². The van der Waals surface area contributed by atoms with Gasteiger partial charge in [0.1, 0.15) is 5.82 Å². The van der Waals surface area contributed by atoms with Crippen molar-refractivity contribution in [3.63, 3.8) is 0 Å². The minimum atomic E-state index is -0.831. The zero-order valence-corrected chi connectivity index (χ0v) is 11.3. The fraction of sp³-hybridized carbons (Fsp3) is 0.533. The quantitative estimate of drug-likeness (QED) is 0.914. The lowest BCUT2D eigenvalue weighted by molar-refractivity contribution is -0.142. The average Bonchev–Trinajstić information content (AvgIpc) is 2.27. The van der Waals surface area contributed by atoms with Crippen molar-refractivity contribution >= 4 is 5.97 Å². The summed E-state index contributed by atoms with van der Waals surface area (Å²) < 4.78 is 18.7. The van der Waals surface area contributed by atoms with E-state index in [4.69, 9.17) is 4.74 Å². The number of aliphatic carboxylic acids is 1. The molecule has 1 fully saturated rings. The van der Waals surface area contributed by atoms with Gasteiger partial charge in [0, 0.05) is 12.0 Å². The molecule has 1 aliphatic rings. The normalized spacial score (nSPS) is 26.1. The molecule has 0 spiro atoms. The highest BCUT2D eigenvalue weighted by molar-refractivity contribution is 5.69. The summed E-state index contributed by atoms with van der Waals surface area (Å²) in [5, 5.41) is 9.20. The van der Waals surface area contributed by atoms with E-state index in [1.165, 1.54) is 12.1 Å². The van der Waals surface area contributed by atoms with Gasteiger partial charge in [-0.1, -0.05) is 12.1 Å². The molecule has 0 aromatic heterocycles. The van der Waals surface area contributed by atoms with Gasteiger partial charge in [0.05, 0.1) is 12.0 Å². The van der Waals surface area contributed by atoms with Crippen molar-refractivity contribution in [2.24, 2.45) is 0 Å². The standard InChI is InChI=1S/C15H19FO3/c1-14(2)10-15(7-8-19-14,9-13(17)18)11-3-5-12(16)6-4-11/h3-6H,7-10H2,1-2H3,(H,17,18)/t15-/m1/s1. The summed E-state index contributed by atoms with van der Waals surface area (Å²) in [6.07, 6.45) is 1.32. The van der Waals surface area contributed by atoms with Crippen LogP contribution in [0.1, 0.15) is 38.7 Å². The Labute approximate surface area is 112 Å². The third-order valence-corrected chi connectivity index (χ3v) is 3.78. The lowest BCUT2D eigenvalue weighted by Crippen LogP contribution is -2.45. The highest BCUT2D eigenvalue weighted by atomic mass is 19.1. The second-order valence-electron chi connectivity index (χ2n) is 5.89. The maximum Gasteiger partial charge on any atom is 0.304 e. The average molecular weight is 266 g/mol. The smallest absolute Gasteiger partial charge is 0.304 e. The minimum Gasteiger partial charge on any atom is -0.481 e. The van der Waals surface area contributed by atoms with E-state index in [1.807, 2.05) is 13.8 Å². The van der Waals surface area contributed by atoms with Crippen molar-refractivity contribution in [3.8, 4) is 0 Å². The molecule has 104 valence electrons. The van der Waals surface area contributed by atoms with Crippen molar-refractivity contribution in [1.82, 2.24) is 0 Å². The summed E-state index contributed by atoms with van der Waals surface area (Å²) in [5.41, 5.74) is 0.0521. The molecule has 4 heteroatoms. The molecule has 0 saturated carbocycles. The molecule has 2 rings (SSSR count). The molecule has 0 amide bonds. The number of ether oxygens (including phenoxy) is 1. The second-order valence-corrected chi connectivity index (χ2v) is 5.89. The summed E-state index contributed by atoms with van der Waals surface area (Å²) in [6.45, 7) is 4.45. The van der Waals surface area contributed by atoms with Crippen LogP contribution in [0.15, 0.2) is 24.3 Å². The molecular formula is C15H19FO3. The zero-order valence-electron chi connectivity index (χ0n) is 11.3. The van der Waals surface area contributed by atoms with Gasteiger partial charge in [0.2, 0.25) is 0 Å². The van der Waals surface area contributed by atoms with E-state index in [2.05, 4.69) is 0 Å². The maximum absolute atomic E-state index is 13.1. The predicted molar refractivity (Wildman–Crippen MR) is 69.6 cm³/mol. The van der Waals surface area contributed by atoms with Crippen LogP contribution in [-0.2, 0) is 14.9 Å². The first-order valence-electron chi connectivity index (χ1n) is 6.45. The second kappa shape index (κ2) is 4.93. The SMILES string of the molecule is CC1(C)C[C@@](CC(=O)O)(c2ccc(F)cc2)CCO1. The minimum absolute atomic E-state index is 0.0470. The van der Waals surface area contributed by atoms with Crippen LogP contribution in [0.4, 0.5) is 4.39 Å². The Bertz CT molecular complexity index is 467. The molecule has 1 aliphatic heterocycles. The largest absolute Gasteiger partial charge is 0.481 e. The molecule has 1 heterocycles. The molecule has 1 saturated heterocycles. The monoisotopic (exact) mass is 266 g/mol. The number of carboxylic acid groups (broad SMARTS) is 1. The Morgan fingerprint density at radius 3 is 2.53 bits per heavy atom. The molecule has 0 aliphatic carbocycles. The van der Waals surface area contributed by atoms with E-state index in [0.29, 0.717) is 19.4 Å². The summed E-state index contributed by atoms with van der Waals surface area (Å²) in [6, 6.07) is 6.17. The van der Waals surface area contributed by atoms with Crippen LogP contribution < -0.4 is 0 Å². The molecule has 0 unspecified atom stereocenters. The first-order valence-corrected chi connectivity index (χ1v) is 6.45. The lowest BCUT2D eigenvalue weighted by Gasteiger charge is -2.44. The third-order valence-electron chi connectivity index (χ3n) is 3.78. The molecule has 0 radical (unpaired) electrons. The Morgan fingerprint density at radius 1 is 1.37 bits per heavy atom. The van der Waals surface area contributed by atoms with Crippen LogP contribution in [0.3, 0.4) is 0 Å². The number of carbonyl (C=O) groups is 1. The molecule has 1 aromatic rings. The van der Waals surface area contributed by atoms with Crippen LogP contribution in [0.25, 0.3) is 0 Å². The Hall–Kier alpha value is -1.42. The van der Waals surface area contributed by atoms with Gasteiger partial charge >= 0.3 is 5.97 Å². The van der Waals surface area contributed by atoms with Gasteiger partial charge in [-0.2, -0.15) is 0 Å². The number of hydrogen-bond donors (Lipinski definition) is 1. The molecule has 1 aromatic carbocycles. The number of halogens is 1. The van der Waals surface area contributed by atoms with Gasteiger partial charge in [0.25, 0.3) is 0 Å². The fourth-order valence-corrected chi connectivity index (χ4v) is 3.07. The van der Waals surface area contributed by atoms with Crippen LogP contribution in [0.5, 0.6) is 0 Å². The number of carboxylic acids is 1. The Morgan fingerprint density at radius 2 is 2.00 bits per heavy atom. The van der Waals surface area contributed by atoms with Gasteiger partial charge in [0.15, 0.2) is 0 Å². The first-order chi connectivity index (χ1) is 8.83. The van der Waals surface area contributed by atoms with Crippen LogP contribution in [0, 0.1) is 5.82 Å². The van der Waals surface area contributed by atoms with E-state index in [9.17, 15) is 14.3 Å². The van der Waals surface area contributed by atoms with Crippen molar-refractivity contribution in [3.05, 3.63) is 35.6 Å². The highest BCUT2D eigenvalue weighted by Gasteiger charge is 2.43. The van der Waals surface area contributed by atoms with Crippen LogP contribution in [-0.4, -0.2) is 23.3 Å². The van der Waals surface area contributed by atoms with Crippen LogP contribution in [0.2, 0.25) is 0 Å². The Kier molecular flexibility index (Phi) is 3.63. The summed E-state index contributed by atoms with van der Waals surface area (Å²) in [7, 11) is 0. The fourth-order valence-electron chi connectivity index (χ4n) is 3.07. The lowest BCUT2D eigenvalue weighted by atomic mass is 9.67. The van der Waals surface area contributed by atoms with Gasteiger partial charge in [-0.05, 0) is 44.4 Å². The third kappa shape index (κ3) is 3.13. The van der Waals surface area contributed by atoms with Crippen molar-refractivity contribution < 1.29 is 19.0 Å². The molecule has 0 bridgehead atoms. The summed E-state index contributed by atoms with van der Waals surface area (Å²) >= 11 is 0. The molecule has 3 nitrogen and oxygen atoms in total. The van der Waals surface area contributed by atoms with Crippen LogP contribution >= 0.6 is 0 Å². The zero-order chi connectivity index (χ0) is 14.1. The summed E-state index contributed by atoms with van der Waals surface area (Å²) in [5.74, 6) is -1.14. The van der Waals surface area contributed by atoms with E-state index < -0.39 is 11.4 Å². The van der Waals surface area contributed by atoms with E-state index in [-0.39, 0.29) is 17.8 Å².